The third-order valence-corrected chi connectivity index (χ3v) is 3.58. The van der Waals surface area contributed by atoms with Gasteiger partial charge in [-0.15, -0.1) is 0 Å². The van der Waals surface area contributed by atoms with Gasteiger partial charge >= 0.3 is 5.97 Å². The molecule has 1 aliphatic rings. The van der Waals surface area contributed by atoms with Crippen LogP contribution in [0.3, 0.4) is 0 Å². The number of nitrogens with one attached hydrogen (secondary N) is 1. The summed E-state index contributed by atoms with van der Waals surface area (Å²) in [6.07, 6.45) is 0.0273. The Kier molecular flexibility index (Phi) is 6.36. The second-order valence-electron chi connectivity index (χ2n) is 5.13. The van der Waals surface area contributed by atoms with E-state index >= 15 is 0 Å². The first kappa shape index (κ1) is 16.5. The van der Waals surface area contributed by atoms with Gasteiger partial charge in [-0.25, -0.2) is 0 Å². The van der Waals surface area contributed by atoms with E-state index in [9.17, 15) is 9.59 Å². The summed E-state index contributed by atoms with van der Waals surface area (Å²) in [4.78, 5) is 26.0. The molecular formula is C16H22N2O4. The average molecular weight is 306 g/mol. The summed E-state index contributed by atoms with van der Waals surface area (Å²) in [6.45, 7) is 2.44. The zero-order valence-electron chi connectivity index (χ0n) is 12.8. The summed E-state index contributed by atoms with van der Waals surface area (Å²) in [5, 5.41) is 2.90. The van der Waals surface area contributed by atoms with Crippen molar-refractivity contribution in [2.24, 2.45) is 0 Å². The van der Waals surface area contributed by atoms with Gasteiger partial charge in [-0.1, -0.05) is 30.3 Å². The molecule has 1 heterocycles. The Morgan fingerprint density at radius 2 is 1.95 bits per heavy atom. The Morgan fingerprint density at radius 3 is 2.59 bits per heavy atom. The Labute approximate surface area is 130 Å². The second kappa shape index (κ2) is 8.51. The standard InChI is InChI=1S/C16H22N2O4/c1-17-14(16(20)18-7-9-21-10-8-18)11-15(19)22-12-13-5-3-2-4-6-13/h2-6,14,17H,7-12H2,1H3. The van der Waals surface area contributed by atoms with E-state index in [2.05, 4.69) is 5.32 Å². The van der Waals surface area contributed by atoms with Crippen LogP contribution in [0.4, 0.5) is 0 Å². The first-order valence-corrected chi connectivity index (χ1v) is 7.44. The van der Waals surface area contributed by atoms with Crippen molar-refractivity contribution in [3.8, 4) is 0 Å². The third-order valence-electron chi connectivity index (χ3n) is 3.58. The molecule has 1 aromatic rings. The molecule has 1 saturated heterocycles. The number of rotatable bonds is 6. The molecule has 0 spiro atoms. The minimum Gasteiger partial charge on any atom is -0.461 e. The average Bonchev–Trinajstić information content (AvgIpc) is 2.59. The lowest BCUT2D eigenvalue weighted by Crippen LogP contribution is -2.50. The van der Waals surface area contributed by atoms with Gasteiger partial charge in [-0.3, -0.25) is 9.59 Å². The molecule has 0 bridgehead atoms. The zero-order chi connectivity index (χ0) is 15.8. The van der Waals surface area contributed by atoms with E-state index in [0.717, 1.165) is 5.56 Å². The Morgan fingerprint density at radius 1 is 1.27 bits per heavy atom. The quantitative estimate of drug-likeness (QED) is 0.778. The number of ether oxygens (including phenoxy) is 2. The summed E-state index contributed by atoms with van der Waals surface area (Å²) in [5.41, 5.74) is 0.927. The Bertz CT molecular complexity index is 486. The van der Waals surface area contributed by atoms with Crippen LogP contribution in [0.15, 0.2) is 30.3 Å². The molecule has 1 N–H and O–H groups in total. The SMILES string of the molecule is CNC(CC(=O)OCc1ccccc1)C(=O)N1CCOCC1. The number of amides is 1. The minimum atomic E-state index is -0.554. The van der Waals surface area contributed by atoms with E-state index in [1.54, 1.807) is 11.9 Å². The molecule has 0 aliphatic carbocycles. The summed E-state index contributed by atoms with van der Waals surface area (Å²) in [7, 11) is 1.67. The molecule has 0 saturated carbocycles. The highest BCUT2D eigenvalue weighted by Gasteiger charge is 2.27. The number of likely N-dealkylation sites (N-methyl/N-ethyl adjacent to an activating group) is 1. The highest BCUT2D eigenvalue weighted by molar-refractivity contribution is 5.86. The molecule has 1 aromatic carbocycles. The largest absolute Gasteiger partial charge is 0.461 e. The second-order valence-corrected chi connectivity index (χ2v) is 5.13. The van der Waals surface area contributed by atoms with Gasteiger partial charge < -0.3 is 19.7 Å². The van der Waals surface area contributed by atoms with Crippen molar-refractivity contribution in [1.29, 1.82) is 0 Å². The predicted molar refractivity (Wildman–Crippen MR) is 81.1 cm³/mol. The van der Waals surface area contributed by atoms with E-state index in [0.29, 0.717) is 26.3 Å². The van der Waals surface area contributed by atoms with Crippen molar-refractivity contribution in [1.82, 2.24) is 10.2 Å². The van der Waals surface area contributed by atoms with Gasteiger partial charge in [-0.2, -0.15) is 0 Å². The fourth-order valence-corrected chi connectivity index (χ4v) is 2.28. The lowest BCUT2D eigenvalue weighted by molar-refractivity contribution is -0.149. The lowest BCUT2D eigenvalue weighted by atomic mass is 10.1. The molecular weight excluding hydrogens is 284 g/mol. The summed E-state index contributed by atoms with van der Waals surface area (Å²) >= 11 is 0. The summed E-state index contributed by atoms with van der Waals surface area (Å²) in [5.74, 6) is -0.465. The number of nitrogens with zero attached hydrogens (tertiary/aromatic N) is 1. The van der Waals surface area contributed by atoms with Crippen LogP contribution in [0.25, 0.3) is 0 Å². The minimum absolute atomic E-state index is 0.0273. The van der Waals surface area contributed by atoms with Crippen molar-refractivity contribution >= 4 is 11.9 Å². The first-order chi connectivity index (χ1) is 10.7. The molecule has 1 fully saturated rings. The fourth-order valence-electron chi connectivity index (χ4n) is 2.28. The molecule has 1 aliphatic heterocycles. The van der Waals surface area contributed by atoms with Crippen LogP contribution in [0.5, 0.6) is 0 Å². The molecule has 1 amide bonds. The normalized spacial score (nSPS) is 16.1. The van der Waals surface area contributed by atoms with Crippen LogP contribution in [-0.4, -0.2) is 56.2 Å². The molecule has 1 atom stereocenters. The van der Waals surface area contributed by atoms with E-state index in [-0.39, 0.29) is 24.9 Å². The van der Waals surface area contributed by atoms with Gasteiger partial charge in [-0.05, 0) is 12.6 Å². The lowest BCUT2D eigenvalue weighted by Gasteiger charge is -2.30. The Hall–Kier alpha value is -1.92. The summed E-state index contributed by atoms with van der Waals surface area (Å²) in [6, 6.07) is 8.91. The summed E-state index contributed by atoms with van der Waals surface area (Å²) < 4.78 is 10.4. The number of benzene rings is 1. The number of hydrogen-bond donors (Lipinski definition) is 1. The van der Waals surface area contributed by atoms with Crippen LogP contribution < -0.4 is 5.32 Å². The van der Waals surface area contributed by atoms with E-state index < -0.39 is 6.04 Å². The number of carbonyl (C=O) groups excluding carboxylic acids is 2. The van der Waals surface area contributed by atoms with Gasteiger partial charge in [0.25, 0.3) is 0 Å². The van der Waals surface area contributed by atoms with Gasteiger partial charge in [0.05, 0.1) is 25.7 Å². The van der Waals surface area contributed by atoms with Gasteiger partial charge in [0.15, 0.2) is 0 Å². The van der Waals surface area contributed by atoms with E-state index in [4.69, 9.17) is 9.47 Å². The predicted octanol–water partition coefficient (Wildman–Crippen LogP) is 0.567. The molecule has 22 heavy (non-hydrogen) atoms. The van der Waals surface area contributed by atoms with Crippen molar-refractivity contribution in [3.05, 3.63) is 35.9 Å². The van der Waals surface area contributed by atoms with Gasteiger partial charge in [0, 0.05) is 13.1 Å². The van der Waals surface area contributed by atoms with Crippen molar-refractivity contribution < 1.29 is 19.1 Å². The van der Waals surface area contributed by atoms with Crippen LogP contribution >= 0.6 is 0 Å². The van der Waals surface area contributed by atoms with Crippen LogP contribution in [0.1, 0.15) is 12.0 Å². The zero-order valence-corrected chi connectivity index (χ0v) is 12.8. The maximum Gasteiger partial charge on any atom is 0.308 e. The number of esters is 1. The van der Waals surface area contributed by atoms with Crippen molar-refractivity contribution in [3.63, 3.8) is 0 Å². The molecule has 2 rings (SSSR count). The van der Waals surface area contributed by atoms with E-state index in [1.807, 2.05) is 30.3 Å². The highest BCUT2D eigenvalue weighted by Crippen LogP contribution is 2.06. The maximum atomic E-state index is 12.3. The highest BCUT2D eigenvalue weighted by atomic mass is 16.5. The molecule has 6 heteroatoms. The van der Waals surface area contributed by atoms with Gasteiger partial charge in [0.1, 0.15) is 6.61 Å². The van der Waals surface area contributed by atoms with Crippen LogP contribution in [0, 0.1) is 0 Å². The number of hydrogen-bond acceptors (Lipinski definition) is 5. The van der Waals surface area contributed by atoms with Crippen molar-refractivity contribution in [2.45, 2.75) is 19.1 Å². The third kappa shape index (κ3) is 4.82. The molecule has 1 unspecified atom stereocenters. The Balaban J connectivity index is 1.81. The first-order valence-electron chi connectivity index (χ1n) is 7.44. The topological polar surface area (TPSA) is 67.9 Å². The fraction of sp³-hybridized carbons (Fsp3) is 0.500. The van der Waals surface area contributed by atoms with Crippen LogP contribution in [0.2, 0.25) is 0 Å². The molecule has 120 valence electrons. The van der Waals surface area contributed by atoms with Crippen molar-refractivity contribution in [2.75, 3.05) is 33.4 Å². The van der Waals surface area contributed by atoms with Gasteiger partial charge in [0.2, 0.25) is 5.91 Å². The molecule has 6 nitrogen and oxygen atoms in total. The monoisotopic (exact) mass is 306 g/mol. The maximum absolute atomic E-state index is 12.3. The van der Waals surface area contributed by atoms with Crippen LogP contribution in [-0.2, 0) is 25.7 Å². The molecule has 0 aromatic heterocycles. The number of carbonyl (C=O) groups is 2. The molecule has 0 radical (unpaired) electrons. The smallest absolute Gasteiger partial charge is 0.308 e. The van der Waals surface area contributed by atoms with E-state index in [1.165, 1.54) is 0 Å². The number of morpholine rings is 1.